The lowest BCUT2D eigenvalue weighted by atomic mass is 10.0. The van der Waals surface area contributed by atoms with Gasteiger partial charge in [0.2, 0.25) is 0 Å². The van der Waals surface area contributed by atoms with Gasteiger partial charge in [0, 0.05) is 6.61 Å². The monoisotopic (exact) mass is 236 g/mol. The van der Waals surface area contributed by atoms with Crippen LogP contribution in [0.2, 0.25) is 18.1 Å². The maximum absolute atomic E-state index is 9.27. The average Bonchev–Trinajstić information content (AvgIpc) is 2.30. The van der Waals surface area contributed by atoms with Crippen molar-refractivity contribution in [1.29, 1.82) is 0 Å². The van der Waals surface area contributed by atoms with Crippen molar-refractivity contribution in [2.24, 2.45) is 0 Å². The van der Waals surface area contributed by atoms with Gasteiger partial charge in [-0.3, -0.25) is 0 Å². The molecule has 2 heteroatoms. The molecule has 1 nitrogen and oxygen atoms in total. The predicted octanol–water partition coefficient (Wildman–Crippen LogP) is 3.15. The molecule has 1 N–H and O–H groups in total. The van der Waals surface area contributed by atoms with Gasteiger partial charge in [-0.2, -0.15) is 0 Å². The van der Waals surface area contributed by atoms with Crippen LogP contribution in [0.1, 0.15) is 26.7 Å². The summed E-state index contributed by atoms with van der Waals surface area (Å²) in [7, 11) is -1.51. The molecule has 1 atom stereocenters. The molecule has 0 aliphatic heterocycles. The number of hydrogen-bond donors (Lipinski definition) is 1. The molecule has 1 aromatic carbocycles. The second-order valence-electron chi connectivity index (χ2n) is 5.38. The van der Waals surface area contributed by atoms with Crippen LogP contribution >= 0.6 is 0 Å². The second-order valence-corrected chi connectivity index (χ2v) is 10.4. The van der Waals surface area contributed by atoms with Gasteiger partial charge in [-0.15, -0.1) is 0 Å². The van der Waals surface area contributed by atoms with E-state index in [1.165, 1.54) is 5.19 Å². The van der Waals surface area contributed by atoms with E-state index in [4.69, 9.17) is 0 Å². The van der Waals surface area contributed by atoms with E-state index < -0.39 is 8.07 Å². The summed E-state index contributed by atoms with van der Waals surface area (Å²) in [5.41, 5.74) is 0. The average molecular weight is 236 g/mol. The van der Waals surface area contributed by atoms with Gasteiger partial charge in [0.05, 0.1) is 8.07 Å². The number of aliphatic hydroxyl groups excluding tert-OH is 1. The van der Waals surface area contributed by atoms with E-state index in [9.17, 15) is 5.11 Å². The Labute approximate surface area is 101 Å². The zero-order valence-electron chi connectivity index (χ0n) is 11.0. The Morgan fingerprint density at radius 1 is 1.19 bits per heavy atom. The predicted molar refractivity (Wildman–Crippen MR) is 73.9 cm³/mol. The fourth-order valence-corrected chi connectivity index (χ4v) is 5.72. The van der Waals surface area contributed by atoms with Crippen molar-refractivity contribution in [3.05, 3.63) is 30.3 Å². The number of benzene rings is 1. The minimum absolute atomic E-state index is 0.281. The van der Waals surface area contributed by atoms with Crippen LogP contribution in [0.25, 0.3) is 0 Å². The van der Waals surface area contributed by atoms with Crippen molar-refractivity contribution in [2.45, 2.75) is 44.8 Å². The summed E-state index contributed by atoms with van der Waals surface area (Å²) < 4.78 is 0. The summed E-state index contributed by atoms with van der Waals surface area (Å²) in [5, 5.41) is 11.0. The van der Waals surface area contributed by atoms with E-state index in [0.29, 0.717) is 6.61 Å². The number of hydrogen-bond acceptors (Lipinski definition) is 1. The third-order valence-corrected chi connectivity index (χ3v) is 9.85. The molecule has 0 fully saturated rings. The SMILES string of the molecule is CCC(C)(CCO)[Si](C)(C)c1ccccc1. The largest absolute Gasteiger partial charge is 0.396 e. The van der Waals surface area contributed by atoms with Crippen LogP contribution in [0.5, 0.6) is 0 Å². The normalized spacial score (nSPS) is 15.8. The lowest BCUT2D eigenvalue weighted by Gasteiger charge is -2.42. The Bertz CT molecular complexity index is 321. The van der Waals surface area contributed by atoms with Crippen molar-refractivity contribution in [3.63, 3.8) is 0 Å². The molecule has 0 aliphatic carbocycles. The molecule has 0 saturated heterocycles. The van der Waals surface area contributed by atoms with Gasteiger partial charge in [-0.1, -0.05) is 68.9 Å². The molecule has 0 amide bonds. The lowest BCUT2D eigenvalue weighted by Crippen LogP contribution is -2.51. The quantitative estimate of drug-likeness (QED) is 0.779. The standard InChI is InChI=1S/C14H24OSi/c1-5-14(2,11-12-15)16(3,4)13-9-7-6-8-10-13/h6-10,15H,5,11-12H2,1-4H3. The lowest BCUT2D eigenvalue weighted by molar-refractivity contribution is 0.263. The molecule has 0 aromatic heterocycles. The summed E-state index contributed by atoms with van der Waals surface area (Å²) >= 11 is 0. The molecular weight excluding hydrogens is 212 g/mol. The number of rotatable bonds is 5. The molecule has 0 bridgehead atoms. The van der Waals surface area contributed by atoms with Crippen LogP contribution in [0.4, 0.5) is 0 Å². The third-order valence-electron chi connectivity index (χ3n) is 4.45. The van der Waals surface area contributed by atoms with E-state index in [2.05, 4.69) is 57.3 Å². The Balaban J connectivity index is 3.08. The molecule has 0 radical (unpaired) electrons. The van der Waals surface area contributed by atoms with Crippen molar-refractivity contribution >= 4 is 13.3 Å². The van der Waals surface area contributed by atoms with Crippen LogP contribution < -0.4 is 5.19 Å². The number of aliphatic hydroxyl groups is 1. The Kier molecular flexibility index (Phi) is 4.33. The Morgan fingerprint density at radius 3 is 2.19 bits per heavy atom. The first-order valence-electron chi connectivity index (χ1n) is 6.14. The molecule has 16 heavy (non-hydrogen) atoms. The van der Waals surface area contributed by atoms with Gasteiger partial charge in [-0.25, -0.2) is 0 Å². The molecule has 0 aliphatic rings. The third kappa shape index (κ3) is 2.38. The minimum atomic E-state index is -1.51. The molecule has 1 unspecified atom stereocenters. The molecule has 0 saturated carbocycles. The highest BCUT2D eigenvalue weighted by Crippen LogP contribution is 2.43. The zero-order valence-corrected chi connectivity index (χ0v) is 12.0. The summed E-state index contributed by atoms with van der Waals surface area (Å²) in [5.74, 6) is 0. The van der Waals surface area contributed by atoms with Crippen LogP contribution in [0, 0.1) is 0 Å². The Hall–Kier alpha value is -0.603. The summed E-state index contributed by atoms with van der Waals surface area (Å²) in [4.78, 5) is 0. The van der Waals surface area contributed by atoms with Crippen LogP contribution in [0.3, 0.4) is 0 Å². The summed E-state index contributed by atoms with van der Waals surface area (Å²) in [6.07, 6.45) is 2.05. The first kappa shape index (κ1) is 13.5. The van der Waals surface area contributed by atoms with E-state index in [1.807, 2.05) is 0 Å². The van der Waals surface area contributed by atoms with Gasteiger partial charge in [-0.05, 0) is 11.5 Å². The van der Waals surface area contributed by atoms with Gasteiger partial charge in [0.1, 0.15) is 0 Å². The molecular formula is C14H24OSi. The smallest absolute Gasteiger partial charge is 0.0865 e. The van der Waals surface area contributed by atoms with E-state index in [1.54, 1.807) is 0 Å². The topological polar surface area (TPSA) is 20.2 Å². The van der Waals surface area contributed by atoms with Crippen molar-refractivity contribution in [2.75, 3.05) is 6.61 Å². The van der Waals surface area contributed by atoms with E-state index >= 15 is 0 Å². The highest BCUT2D eigenvalue weighted by Gasteiger charge is 2.41. The highest BCUT2D eigenvalue weighted by molar-refractivity contribution is 6.92. The van der Waals surface area contributed by atoms with E-state index in [-0.39, 0.29) is 5.04 Å². The van der Waals surface area contributed by atoms with Crippen LogP contribution in [-0.2, 0) is 0 Å². The molecule has 0 heterocycles. The van der Waals surface area contributed by atoms with Crippen molar-refractivity contribution in [1.82, 2.24) is 0 Å². The maximum Gasteiger partial charge on any atom is 0.0865 e. The van der Waals surface area contributed by atoms with Gasteiger partial charge >= 0.3 is 0 Å². The zero-order chi connectivity index (χ0) is 12.2. The molecule has 90 valence electrons. The summed E-state index contributed by atoms with van der Waals surface area (Å²) in [6, 6.07) is 10.8. The first-order chi connectivity index (χ1) is 7.48. The fourth-order valence-electron chi connectivity index (χ4n) is 2.38. The van der Waals surface area contributed by atoms with Gasteiger partial charge in [0.25, 0.3) is 0 Å². The van der Waals surface area contributed by atoms with Crippen molar-refractivity contribution < 1.29 is 5.11 Å². The summed E-state index contributed by atoms with van der Waals surface area (Å²) in [6.45, 7) is 9.71. The van der Waals surface area contributed by atoms with Gasteiger partial charge < -0.3 is 5.11 Å². The minimum Gasteiger partial charge on any atom is -0.396 e. The van der Waals surface area contributed by atoms with Crippen molar-refractivity contribution in [3.8, 4) is 0 Å². The molecule has 0 spiro atoms. The van der Waals surface area contributed by atoms with Crippen LogP contribution in [0.15, 0.2) is 30.3 Å². The molecule has 1 aromatic rings. The Morgan fingerprint density at radius 2 is 1.75 bits per heavy atom. The highest BCUT2D eigenvalue weighted by atomic mass is 28.3. The first-order valence-corrected chi connectivity index (χ1v) is 9.14. The van der Waals surface area contributed by atoms with E-state index in [0.717, 1.165) is 12.8 Å². The van der Waals surface area contributed by atoms with Gasteiger partial charge in [0.15, 0.2) is 0 Å². The van der Waals surface area contributed by atoms with Crippen LogP contribution in [-0.4, -0.2) is 19.8 Å². The maximum atomic E-state index is 9.27. The fraction of sp³-hybridized carbons (Fsp3) is 0.571. The second kappa shape index (κ2) is 5.15. The molecule has 1 rings (SSSR count).